The summed E-state index contributed by atoms with van der Waals surface area (Å²) in [6.45, 7) is 5.87. The van der Waals surface area contributed by atoms with Crippen molar-refractivity contribution in [2.24, 2.45) is 5.92 Å². The molecule has 2 aromatic rings. The Balaban J connectivity index is 1.26. The Morgan fingerprint density at radius 3 is 1.88 bits per heavy atom. The molecule has 2 fully saturated rings. The maximum Gasteiger partial charge on any atom is 0.106 e. The Kier molecular flexibility index (Phi) is 9.44. The average Bonchev–Trinajstić information content (AvgIpc) is 2.88. The lowest BCUT2D eigenvalue weighted by molar-refractivity contribution is -0.137. The summed E-state index contributed by atoms with van der Waals surface area (Å²) in [5, 5.41) is 0. The van der Waals surface area contributed by atoms with Crippen molar-refractivity contribution in [2.75, 3.05) is 13.2 Å². The van der Waals surface area contributed by atoms with Crippen molar-refractivity contribution in [1.29, 1.82) is 0 Å². The average molecular weight is 449 g/mol. The number of rotatable bonds is 10. The van der Waals surface area contributed by atoms with E-state index in [0.29, 0.717) is 13.2 Å². The van der Waals surface area contributed by atoms with E-state index in [1.54, 1.807) is 0 Å². The van der Waals surface area contributed by atoms with Gasteiger partial charge in [-0.3, -0.25) is 0 Å². The van der Waals surface area contributed by atoms with Crippen LogP contribution in [0.2, 0.25) is 0 Å². The van der Waals surface area contributed by atoms with E-state index in [1.165, 1.54) is 80.0 Å². The van der Waals surface area contributed by atoms with Gasteiger partial charge in [0.25, 0.3) is 0 Å². The highest BCUT2D eigenvalue weighted by molar-refractivity contribution is 5.64. The zero-order valence-corrected chi connectivity index (χ0v) is 20.9. The van der Waals surface area contributed by atoms with E-state index in [0.717, 1.165) is 24.7 Å². The molecular formula is C31H44O2. The molecule has 0 amide bonds. The van der Waals surface area contributed by atoms with Crippen molar-refractivity contribution in [2.45, 2.75) is 103 Å². The van der Waals surface area contributed by atoms with E-state index < -0.39 is 0 Å². The van der Waals surface area contributed by atoms with E-state index in [-0.39, 0.29) is 12.2 Å². The van der Waals surface area contributed by atoms with Crippen LogP contribution in [0.3, 0.4) is 0 Å². The summed E-state index contributed by atoms with van der Waals surface area (Å²) in [5.41, 5.74) is 5.34. The summed E-state index contributed by atoms with van der Waals surface area (Å²) in [5.74, 6) is 1.74. The first-order valence-corrected chi connectivity index (χ1v) is 13.7. The molecule has 180 valence electrons. The first-order chi connectivity index (χ1) is 16.3. The molecule has 0 radical (unpaired) electrons. The van der Waals surface area contributed by atoms with Gasteiger partial charge in [-0.05, 0) is 66.2 Å². The van der Waals surface area contributed by atoms with Crippen LogP contribution in [-0.4, -0.2) is 19.3 Å². The Bertz CT molecular complexity index is 794. The SMILES string of the molecule is CCCCCC[C@H]1CC[C@H](c2ccc(-c3ccc([C@H]4CO[C@H](CCC)CO4)cc3)cc2)CC1. The molecule has 2 atom stereocenters. The molecule has 2 aromatic carbocycles. The molecule has 1 aliphatic carbocycles. The van der Waals surface area contributed by atoms with Gasteiger partial charge >= 0.3 is 0 Å². The second-order valence-electron chi connectivity index (χ2n) is 10.4. The van der Waals surface area contributed by atoms with Crippen LogP contribution in [0.15, 0.2) is 48.5 Å². The molecule has 1 heterocycles. The molecule has 0 spiro atoms. The Labute approximate surface area is 202 Å². The summed E-state index contributed by atoms with van der Waals surface area (Å²) in [6, 6.07) is 18.3. The lowest BCUT2D eigenvalue weighted by Crippen LogP contribution is -2.30. The van der Waals surface area contributed by atoms with Gasteiger partial charge in [-0.2, -0.15) is 0 Å². The number of unbranched alkanes of at least 4 members (excludes halogenated alkanes) is 3. The molecule has 0 aromatic heterocycles. The van der Waals surface area contributed by atoms with Gasteiger partial charge in [0.05, 0.1) is 19.3 Å². The highest BCUT2D eigenvalue weighted by atomic mass is 16.6. The fourth-order valence-electron chi connectivity index (χ4n) is 5.71. The van der Waals surface area contributed by atoms with E-state index >= 15 is 0 Å². The summed E-state index contributed by atoms with van der Waals surface area (Å²) in [6.07, 6.45) is 15.2. The summed E-state index contributed by atoms with van der Waals surface area (Å²) < 4.78 is 12.1. The number of ether oxygens (including phenoxy) is 2. The van der Waals surface area contributed by atoms with Crippen LogP contribution in [0, 0.1) is 5.92 Å². The standard InChI is InChI=1S/C31H44O2/c1-3-5-6-7-9-24-10-12-25(13-11-24)26-14-16-27(17-15-26)28-18-20-29(21-19-28)31-23-32-30(8-4-2)22-33-31/h14-21,24-25,30-31H,3-13,22-23H2,1-2H3/t24-,25-,30-,31-/m1/s1. The lowest BCUT2D eigenvalue weighted by atomic mass is 9.77. The minimum absolute atomic E-state index is 0.0660. The minimum atomic E-state index is 0.0660. The van der Waals surface area contributed by atoms with Crippen LogP contribution >= 0.6 is 0 Å². The fourth-order valence-corrected chi connectivity index (χ4v) is 5.71. The van der Waals surface area contributed by atoms with Crippen LogP contribution < -0.4 is 0 Å². The Morgan fingerprint density at radius 2 is 1.30 bits per heavy atom. The van der Waals surface area contributed by atoms with Gasteiger partial charge in [-0.1, -0.05) is 101 Å². The molecule has 2 heteroatoms. The normalized spacial score (nSPS) is 25.8. The predicted molar refractivity (Wildman–Crippen MR) is 139 cm³/mol. The Hall–Kier alpha value is -1.64. The monoisotopic (exact) mass is 448 g/mol. The molecule has 2 nitrogen and oxygen atoms in total. The maximum atomic E-state index is 6.07. The van der Waals surface area contributed by atoms with Crippen molar-refractivity contribution < 1.29 is 9.47 Å². The number of hydrogen-bond donors (Lipinski definition) is 0. The van der Waals surface area contributed by atoms with Gasteiger partial charge in [0, 0.05) is 0 Å². The van der Waals surface area contributed by atoms with Gasteiger partial charge in [-0.25, -0.2) is 0 Å². The minimum Gasteiger partial charge on any atom is -0.373 e. The van der Waals surface area contributed by atoms with Crippen molar-refractivity contribution in [3.63, 3.8) is 0 Å². The number of benzene rings is 2. The second kappa shape index (κ2) is 12.7. The molecular weight excluding hydrogens is 404 g/mol. The highest BCUT2D eigenvalue weighted by Gasteiger charge is 2.23. The van der Waals surface area contributed by atoms with Gasteiger partial charge in [0.15, 0.2) is 0 Å². The molecule has 4 rings (SSSR count). The third-order valence-corrected chi connectivity index (χ3v) is 7.89. The molecule has 33 heavy (non-hydrogen) atoms. The molecule has 0 N–H and O–H groups in total. The van der Waals surface area contributed by atoms with E-state index in [2.05, 4.69) is 62.4 Å². The number of hydrogen-bond acceptors (Lipinski definition) is 2. The highest BCUT2D eigenvalue weighted by Crippen LogP contribution is 2.38. The zero-order valence-electron chi connectivity index (χ0n) is 20.9. The summed E-state index contributed by atoms with van der Waals surface area (Å²) in [7, 11) is 0. The topological polar surface area (TPSA) is 18.5 Å². The Morgan fingerprint density at radius 1 is 0.636 bits per heavy atom. The van der Waals surface area contributed by atoms with Crippen LogP contribution in [0.4, 0.5) is 0 Å². The third kappa shape index (κ3) is 6.93. The van der Waals surface area contributed by atoms with Crippen LogP contribution in [0.25, 0.3) is 11.1 Å². The predicted octanol–water partition coefficient (Wildman–Crippen LogP) is 8.85. The van der Waals surface area contributed by atoms with Gasteiger partial charge in [-0.15, -0.1) is 0 Å². The van der Waals surface area contributed by atoms with Crippen molar-refractivity contribution in [1.82, 2.24) is 0 Å². The maximum absolute atomic E-state index is 6.07. The first-order valence-electron chi connectivity index (χ1n) is 13.7. The van der Waals surface area contributed by atoms with Crippen LogP contribution in [-0.2, 0) is 9.47 Å². The summed E-state index contributed by atoms with van der Waals surface area (Å²) in [4.78, 5) is 0. The molecule has 0 bridgehead atoms. The quantitative estimate of drug-likeness (QED) is 0.338. The van der Waals surface area contributed by atoms with Crippen molar-refractivity contribution in [3.8, 4) is 11.1 Å². The van der Waals surface area contributed by atoms with Crippen molar-refractivity contribution >= 4 is 0 Å². The molecule has 1 saturated carbocycles. The van der Waals surface area contributed by atoms with E-state index in [9.17, 15) is 0 Å². The molecule has 1 saturated heterocycles. The first kappa shape index (κ1) is 24.5. The second-order valence-corrected chi connectivity index (χ2v) is 10.4. The van der Waals surface area contributed by atoms with Gasteiger partial charge < -0.3 is 9.47 Å². The molecule has 0 unspecified atom stereocenters. The van der Waals surface area contributed by atoms with Crippen LogP contribution in [0.5, 0.6) is 0 Å². The zero-order chi connectivity index (χ0) is 22.9. The molecule has 1 aliphatic heterocycles. The lowest BCUT2D eigenvalue weighted by Gasteiger charge is -2.29. The summed E-state index contributed by atoms with van der Waals surface area (Å²) >= 11 is 0. The van der Waals surface area contributed by atoms with Gasteiger partial charge in [0.1, 0.15) is 6.10 Å². The third-order valence-electron chi connectivity index (χ3n) is 7.89. The van der Waals surface area contributed by atoms with E-state index in [4.69, 9.17) is 9.47 Å². The van der Waals surface area contributed by atoms with Gasteiger partial charge in [0.2, 0.25) is 0 Å². The fraction of sp³-hybridized carbons (Fsp3) is 0.613. The van der Waals surface area contributed by atoms with Crippen LogP contribution in [0.1, 0.15) is 108 Å². The van der Waals surface area contributed by atoms with E-state index in [1.807, 2.05) is 0 Å². The van der Waals surface area contributed by atoms with Crippen molar-refractivity contribution in [3.05, 3.63) is 59.7 Å². The largest absolute Gasteiger partial charge is 0.373 e. The molecule has 2 aliphatic rings. The smallest absolute Gasteiger partial charge is 0.106 e.